The number of rotatable bonds is 4. The van der Waals surface area contributed by atoms with Gasteiger partial charge in [-0.25, -0.2) is 15.0 Å². The number of fused-ring (bicyclic) bond motifs is 8. The van der Waals surface area contributed by atoms with Crippen LogP contribution in [0.2, 0.25) is 0 Å². The Bertz CT molecular complexity index is 4310. The molecule has 0 fully saturated rings. The van der Waals surface area contributed by atoms with E-state index < -0.39 is 0 Å². The average molecular weight is 1090 g/mol. The molecule has 3 aliphatic heterocycles. The number of hydrogen-bond donors (Lipinski definition) is 0. The highest BCUT2D eigenvalue weighted by molar-refractivity contribution is 6.19. The lowest BCUT2D eigenvalue weighted by Gasteiger charge is -2.27. The maximum atomic E-state index is 6.24. The van der Waals surface area contributed by atoms with Gasteiger partial charge < -0.3 is 37.9 Å². The Kier molecular flexibility index (Phi) is 14.6. The number of benzene rings is 7. The van der Waals surface area contributed by atoms with E-state index in [0.717, 1.165) is 106 Å². The van der Waals surface area contributed by atoms with Crippen molar-refractivity contribution in [2.75, 3.05) is 84.1 Å². The minimum Gasteiger partial charge on any atom is -0.491 e. The van der Waals surface area contributed by atoms with Crippen molar-refractivity contribution in [1.82, 2.24) is 29.1 Å². The minimum atomic E-state index is 0.408. The first-order valence-corrected chi connectivity index (χ1v) is 28.4. The summed E-state index contributed by atoms with van der Waals surface area (Å²) in [4.78, 5) is 22.5. The summed E-state index contributed by atoms with van der Waals surface area (Å²) in [6.07, 6.45) is 3.72. The molecule has 8 bridgehead atoms. The Balaban J connectivity index is 0.705. The van der Waals surface area contributed by atoms with Crippen molar-refractivity contribution in [3.05, 3.63) is 213 Å². The molecule has 6 aromatic heterocycles. The fourth-order valence-electron chi connectivity index (χ4n) is 11.4. The van der Waals surface area contributed by atoms with Crippen molar-refractivity contribution in [2.24, 2.45) is 0 Å². The van der Waals surface area contributed by atoms with E-state index in [9.17, 15) is 0 Å². The van der Waals surface area contributed by atoms with Crippen LogP contribution in [-0.4, -0.2) is 108 Å². The molecule has 13 aromatic rings. The van der Waals surface area contributed by atoms with Crippen molar-refractivity contribution in [1.29, 1.82) is 0 Å². The van der Waals surface area contributed by atoms with E-state index in [1.54, 1.807) is 0 Å². The smallest absolute Gasteiger partial charge is 0.137 e. The second-order valence-electron chi connectivity index (χ2n) is 20.5. The molecule has 7 aromatic carbocycles. The summed E-state index contributed by atoms with van der Waals surface area (Å²) in [5, 5.41) is 6.80. The van der Waals surface area contributed by atoms with Gasteiger partial charge in [0.15, 0.2) is 0 Å². The molecule has 0 unspecified atom stereocenters. The normalized spacial score (nSPS) is 14.6. The second kappa shape index (κ2) is 23.5. The highest BCUT2D eigenvalue weighted by atomic mass is 16.5. The van der Waals surface area contributed by atoms with Gasteiger partial charge in [-0.3, -0.25) is 9.55 Å². The molecule has 410 valence electrons. The van der Waals surface area contributed by atoms with E-state index in [0.29, 0.717) is 79.2 Å². The van der Waals surface area contributed by atoms with Crippen LogP contribution in [0.15, 0.2) is 213 Å². The summed E-state index contributed by atoms with van der Waals surface area (Å²) in [7, 11) is 0. The third kappa shape index (κ3) is 10.6. The van der Waals surface area contributed by atoms with Crippen LogP contribution in [0.4, 0.5) is 5.69 Å². The lowest BCUT2D eigenvalue weighted by atomic mass is 10.1. The molecule has 13 heteroatoms. The number of anilines is 1. The largest absolute Gasteiger partial charge is 0.491 e. The number of ether oxygens (including phenoxy) is 6. The molecule has 0 amide bonds. The predicted molar refractivity (Wildman–Crippen MR) is 331 cm³/mol. The van der Waals surface area contributed by atoms with E-state index in [2.05, 4.69) is 147 Å². The van der Waals surface area contributed by atoms with Crippen molar-refractivity contribution < 1.29 is 28.4 Å². The van der Waals surface area contributed by atoms with Crippen LogP contribution in [0, 0.1) is 0 Å². The lowest BCUT2D eigenvalue weighted by Crippen LogP contribution is -2.32. The molecule has 0 saturated carbocycles. The third-order valence-electron chi connectivity index (χ3n) is 15.4. The minimum absolute atomic E-state index is 0.408. The number of hydrogen-bond acceptors (Lipinski definition) is 11. The SMILES string of the molecule is c1ccc(-n2c3ccccc3c3cc4c5ccccc5n(-c5cccc(-c6ncccc6N6CCOCCOCCOc7ccc(cc7)-c7ccc8ccc9ccc(nc9c8n7)-c7ccc(cc7)OCCOCCOCC6)c5)c4cc32)nc1. The van der Waals surface area contributed by atoms with Crippen LogP contribution in [-0.2, 0) is 18.9 Å². The van der Waals surface area contributed by atoms with Crippen molar-refractivity contribution in [3.63, 3.8) is 0 Å². The number of nitrogens with zero attached hydrogens (tertiary/aromatic N) is 7. The van der Waals surface area contributed by atoms with E-state index >= 15 is 0 Å². The Morgan fingerprint density at radius 1 is 0.349 bits per heavy atom. The Hall–Kier alpha value is -9.50. The zero-order chi connectivity index (χ0) is 55.3. The monoisotopic (exact) mass is 1090 g/mol. The Morgan fingerprint density at radius 2 is 0.880 bits per heavy atom. The molecular formula is C70H59N7O6. The maximum absolute atomic E-state index is 6.24. The van der Waals surface area contributed by atoms with Crippen LogP contribution in [0.1, 0.15) is 0 Å². The number of aromatic nitrogens is 6. The first kappa shape index (κ1) is 51.6. The quantitative estimate of drug-likeness (QED) is 0.157. The number of para-hydroxylation sites is 2. The maximum Gasteiger partial charge on any atom is 0.137 e. The van der Waals surface area contributed by atoms with E-state index in [-0.39, 0.29) is 0 Å². The molecule has 0 aliphatic carbocycles. The predicted octanol–water partition coefficient (Wildman–Crippen LogP) is 14.1. The Labute approximate surface area is 479 Å². The molecule has 83 heavy (non-hydrogen) atoms. The van der Waals surface area contributed by atoms with Gasteiger partial charge in [-0.1, -0.05) is 78.9 Å². The van der Waals surface area contributed by atoms with Gasteiger partial charge in [-0.05, 0) is 121 Å². The van der Waals surface area contributed by atoms with E-state index in [4.69, 9.17) is 48.4 Å². The van der Waals surface area contributed by atoms with Crippen LogP contribution >= 0.6 is 0 Å². The molecular weight excluding hydrogens is 1030 g/mol. The van der Waals surface area contributed by atoms with E-state index in [1.165, 1.54) is 21.5 Å². The highest BCUT2D eigenvalue weighted by Gasteiger charge is 2.21. The molecule has 9 heterocycles. The van der Waals surface area contributed by atoms with Crippen molar-refractivity contribution in [2.45, 2.75) is 0 Å². The topological polar surface area (TPSA) is 120 Å². The van der Waals surface area contributed by atoms with Gasteiger partial charge in [0.25, 0.3) is 0 Å². The summed E-state index contributed by atoms with van der Waals surface area (Å²) >= 11 is 0. The van der Waals surface area contributed by atoms with Gasteiger partial charge in [-0.15, -0.1) is 0 Å². The molecule has 0 spiro atoms. The highest BCUT2D eigenvalue weighted by Crippen LogP contribution is 2.41. The standard InChI is InChI=1S/C70H59N7O6/c1-3-13-62-56(11-1)58-46-59-57-12-2-4-14-63(57)77(67-16-5-6-31-71-67)66(59)47-65(58)76(62)53-10-7-9-52(45-53)68-64(15-8-32-72-68)75-33-35-78-37-39-80-41-43-82-54-25-19-48(20-26-54)60-29-23-50-17-18-51-24-30-61(74-70(51)69(50)73-60)49-21-27-55(28-22-49)83-44-42-81-40-38-79-36-34-75/h1-32,45-47H,33-44H2. The molecule has 0 N–H and O–H groups in total. The van der Waals surface area contributed by atoms with Crippen LogP contribution in [0.5, 0.6) is 11.5 Å². The van der Waals surface area contributed by atoms with Crippen molar-refractivity contribution in [3.8, 4) is 56.8 Å². The number of pyridine rings is 4. The molecule has 0 atom stereocenters. The van der Waals surface area contributed by atoms with Gasteiger partial charge in [0, 0.05) is 80.2 Å². The summed E-state index contributed by atoms with van der Waals surface area (Å²) in [6.45, 7) is 5.56. The van der Waals surface area contributed by atoms with Crippen LogP contribution in [0.25, 0.3) is 111 Å². The van der Waals surface area contributed by atoms with Gasteiger partial charge in [0.2, 0.25) is 0 Å². The summed E-state index contributed by atoms with van der Waals surface area (Å²) in [5.41, 5.74) is 13.7. The molecule has 0 saturated heterocycles. The first-order valence-electron chi connectivity index (χ1n) is 28.4. The van der Waals surface area contributed by atoms with E-state index in [1.807, 2.05) is 79.1 Å². The lowest BCUT2D eigenvalue weighted by molar-refractivity contribution is 0.0347. The molecule has 13 nitrogen and oxygen atoms in total. The summed E-state index contributed by atoms with van der Waals surface area (Å²) < 4.78 is 41.2. The molecule has 0 radical (unpaired) electrons. The van der Waals surface area contributed by atoms with Crippen molar-refractivity contribution >= 4 is 71.1 Å². The second-order valence-corrected chi connectivity index (χ2v) is 20.5. The van der Waals surface area contributed by atoms with Gasteiger partial charge in [-0.2, -0.15) is 0 Å². The molecule has 3 aliphatic rings. The summed E-state index contributed by atoms with van der Waals surface area (Å²) in [6, 6.07) is 69.4. The first-order chi connectivity index (χ1) is 41.2. The average Bonchev–Trinajstić information content (AvgIpc) is 2.95. The van der Waals surface area contributed by atoms with Crippen LogP contribution in [0.3, 0.4) is 0 Å². The zero-order valence-corrected chi connectivity index (χ0v) is 45.8. The van der Waals surface area contributed by atoms with Gasteiger partial charge in [0.05, 0.1) is 109 Å². The zero-order valence-electron chi connectivity index (χ0n) is 45.8. The van der Waals surface area contributed by atoms with Gasteiger partial charge >= 0.3 is 0 Å². The fourth-order valence-corrected chi connectivity index (χ4v) is 11.4. The van der Waals surface area contributed by atoms with Crippen LogP contribution < -0.4 is 14.4 Å². The Morgan fingerprint density at radius 3 is 1.48 bits per heavy atom. The van der Waals surface area contributed by atoms with Gasteiger partial charge in [0.1, 0.15) is 30.5 Å². The fraction of sp³-hybridized carbons (Fsp3) is 0.171. The molecule has 16 rings (SSSR count). The summed E-state index contributed by atoms with van der Waals surface area (Å²) in [5.74, 6) is 2.40. The third-order valence-corrected chi connectivity index (χ3v) is 15.4.